The molecule has 1 aromatic carbocycles. The van der Waals surface area contributed by atoms with Crippen LogP contribution in [0.2, 0.25) is 5.02 Å². The molecule has 100 valence electrons. The molecule has 0 fully saturated rings. The van der Waals surface area contributed by atoms with E-state index in [1.54, 1.807) is 12.1 Å². The van der Waals surface area contributed by atoms with Crippen LogP contribution in [0.25, 0.3) is 0 Å². The van der Waals surface area contributed by atoms with E-state index < -0.39 is 0 Å². The Morgan fingerprint density at radius 1 is 1.33 bits per heavy atom. The fraction of sp³-hybridized carbons (Fsp3) is 0.417. The van der Waals surface area contributed by atoms with Gasteiger partial charge in [-0.25, -0.2) is 0 Å². The average Bonchev–Trinajstić information content (AvgIpc) is 2.40. The molecule has 0 aromatic heterocycles. The molecule has 1 rings (SSSR count). The van der Waals surface area contributed by atoms with Crippen LogP contribution in [0.3, 0.4) is 0 Å². The molecule has 5 nitrogen and oxygen atoms in total. The van der Waals surface area contributed by atoms with E-state index in [1.165, 1.54) is 19.1 Å². The van der Waals surface area contributed by atoms with Crippen LogP contribution in [0.15, 0.2) is 12.1 Å². The number of methoxy groups -OCH3 is 2. The minimum atomic E-state index is -0.194. The summed E-state index contributed by atoms with van der Waals surface area (Å²) >= 11 is 6.01. The lowest BCUT2D eigenvalue weighted by Crippen LogP contribution is -2.36. The second-order valence-corrected chi connectivity index (χ2v) is 3.91. The van der Waals surface area contributed by atoms with Gasteiger partial charge in [0, 0.05) is 18.7 Å². The van der Waals surface area contributed by atoms with Crippen LogP contribution in [-0.4, -0.2) is 33.2 Å². The largest absolute Gasteiger partial charge is 0.495 e. The van der Waals surface area contributed by atoms with Crippen LogP contribution in [0.4, 0.5) is 5.69 Å². The molecule has 0 aliphatic rings. The molecular formula is C12H17ClN2O3. The van der Waals surface area contributed by atoms with Crippen molar-refractivity contribution in [1.82, 2.24) is 0 Å². The molecule has 0 saturated carbocycles. The first-order valence-electron chi connectivity index (χ1n) is 5.50. The van der Waals surface area contributed by atoms with E-state index in [0.29, 0.717) is 28.8 Å². The molecular weight excluding hydrogens is 256 g/mol. The highest BCUT2D eigenvalue weighted by molar-refractivity contribution is 6.32. The lowest BCUT2D eigenvalue weighted by atomic mass is 10.2. The predicted octanol–water partition coefficient (Wildman–Crippen LogP) is 1.67. The summed E-state index contributed by atoms with van der Waals surface area (Å²) in [6, 6.07) is 3.28. The number of hydrogen-bond acceptors (Lipinski definition) is 4. The smallest absolute Gasteiger partial charge is 0.240 e. The highest BCUT2D eigenvalue weighted by atomic mass is 35.5. The summed E-state index contributed by atoms with van der Waals surface area (Å²) in [5.74, 6) is 0.792. The van der Waals surface area contributed by atoms with E-state index in [0.717, 1.165) is 0 Å². The minimum absolute atomic E-state index is 0.0675. The molecule has 0 atom stereocenters. The summed E-state index contributed by atoms with van der Waals surface area (Å²) in [6.07, 6.45) is 0. The van der Waals surface area contributed by atoms with Crippen molar-refractivity contribution in [2.75, 3.05) is 32.2 Å². The zero-order valence-electron chi connectivity index (χ0n) is 10.7. The van der Waals surface area contributed by atoms with Gasteiger partial charge in [-0.1, -0.05) is 11.6 Å². The SMILES string of the molecule is CCN(C(=O)CN)c1cc(OC)c(Cl)cc1OC. The monoisotopic (exact) mass is 272 g/mol. The number of ether oxygens (including phenoxy) is 2. The number of carbonyl (C=O) groups is 1. The highest BCUT2D eigenvalue weighted by Gasteiger charge is 2.19. The topological polar surface area (TPSA) is 64.8 Å². The number of likely N-dealkylation sites (N-methyl/N-ethyl adjacent to an activating group) is 1. The summed E-state index contributed by atoms with van der Waals surface area (Å²) in [5, 5.41) is 0.425. The zero-order chi connectivity index (χ0) is 13.7. The van der Waals surface area contributed by atoms with Crippen LogP contribution in [0.1, 0.15) is 6.92 Å². The summed E-state index contributed by atoms with van der Waals surface area (Å²) in [6.45, 7) is 2.27. The van der Waals surface area contributed by atoms with Crippen LogP contribution in [-0.2, 0) is 4.79 Å². The first-order valence-corrected chi connectivity index (χ1v) is 5.88. The van der Waals surface area contributed by atoms with Gasteiger partial charge in [0.1, 0.15) is 11.5 Å². The summed E-state index contributed by atoms with van der Waals surface area (Å²) in [7, 11) is 3.03. The van der Waals surface area contributed by atoms with Crippen molar-refractivity contribution in [1.29, 1.82) is 0 Å². The molecule has 0 spiro atoms. The van der Waals surface area contributed by atoms with Gasteiger partial charge in [0.15, 0.2) is 0 Å². The molecule has 1 amide bonds. The molecule has 0 bridgehead atoms. The lowest BCUT2D eigenvalue weighted by Gasteiger charge is -2.23. The first-order chi connectivity index (χ1) is 8.58. The van der Waals surface area contributed by atoms with E-state index in [-0.39, 0.29) is 12.5 Å². The Morgan fingerprint density at radius 3 is 2.39 bits per heavy atom. The maximum absolute atomic E-state index is 11.8. The zero-order valence-corrected chi connectivity index (χ0v) is 11.5. The Bertz CT molecular complexity index is 438. The van der Waals surface area contributed by atoms with Crippen molar-refractivity contribution in [2.24, 2.45) is 5.73 Å². The number of halogens is 1. The number of benzene rings is 1. The minimum Gasteiger partial charge on any atom is -0.495 e. The fourth-order valence-corrected chi connectivity index (χ4v) is 1.88. The second-order valence-electron chi connectivity index (χ2n) is 3.50. The number of nitrogens with zero attached hydrogens (tertiary/aromatic N) is 1. The van der Waals surface area contributed by atoms with Gasteiger partial charge in [-0.15, -0.1) is 0 Å². The standard InChI is InChI=1S/C12H17ClN2O3/c1-4-15(12(16)7-14)9-6-10(17-2)8(13)5-11(9)18-3/h5-6H,4,7,14H2,1-3H3. The van der Waals surface area contributed by atoms with Crippen LogP contribution < -0.4 is 20.1 Å². The molecule has 0 aliphatic carbocycles. The van der Waals surface area contributed by atoms with Crippen LogP contribution in [0, 0.1) is 0 Å². The molecule has 0 saturated heterocycles. The summed E-state index contributed by atoms with van der Waals surface area (Å²) < 4.78 is 10.4. The van der Waals surface area contributed by atoms with E-state index in [2.05, 4.69) is 0 Å². The van der Waals surface area contributed by atoms with Crippen molar-refractivity contribution in [3.8, 4) is 11.5 Å². The molecule has 0 radical (unpaired) electrons. The Labute approximate surface area is 111 Å². The number of hydrogen-bond donors (Lipinski definition) is 1. The predicted molar refractivity (Wildman–Crippen MR) is 71.6 cm³/mol. The second kappa shape index (κ2) is 6.47. The van der Waals surface area contributed by atoms with Gasteiger partial charge in [-0.3, -0.25) is 4.79 Å². The van der Waals surface area contributed by atoms with Gasteiger partial charge in [0.05, 0.1) is 31.5 Å². The van der Waals surface area contributed by atoms with Crippen molar-refractivity contribution in [2.45, 2.75) is 6.92 Å². The van der Waals surface area contributed by atoms with Gasteiger partial charge in [0.2, 0.25) is 5.91 Å². The van der Waals surface area contributed by atoms with Crippen molar-refractivity contribution < 1.29 is 14.3 Å². The Kier molecular flexibility index (Phi) is 5.25. The fourth-order valence-electron chi connectivity index (χ4n) is 1.65. The third-order valence-electron chi connectivity index (χ3n) is 2.54. The lowest BCUT2D eigenvalue weighted by molar-refractivity contribution is -0.117. The van der Waals surface area contributed by atoms with Gasteiger partial charge in [-0.2, -0.15) is 0 Å². The number of rotatable bonds is 5. The first kappa shape index (κ1) is 14.6. The van der Waals surface area contributed by atoms with Crippen molar-refractivity contribution in [3.05, 3.63) is 17.2 Å². The normalized spacial score (nSPS) is 10.1. The van der Waals surface area contributed by atoms with Gasteiger partial charge in [-0.05, 0) is 6.92 Å². The number of carbonyl (C=O) groups excluding carboxylic acids is 1. The molecule has 6 heteroatoms. The van der Waals surface area contributed by atoms with Crippen molar-refractivity contribution in [3.63, 3.8) is 0 Å². The van der Waals surface area contributed by atoms with E-state index >= 15 is 0 Å². The third kappa shape index (κ3) is 2.86. The van der Waals surface area contributed by atoms with E-state index in [1.807, 2.05) is 6.92 Å². The molecule has 0 unspecified atom stereocenters. The van der Waals surface area contributed by atoms with E-state index in [4.69, 9.17) is 26.8 Å². The number of amides is 1. The third-order valence-corrected chi connectivity index (χ3v) is 2.83. The Hall–Kier alpha value is -1.46. The molecule has 0 heterocycles. The maximum Gasteiger partial charge on any atom is 0.240 e. The number of anilines is 1. The molecule has 2 N–H and O–H groups in total. The Morgan fingerprint density at radius 2 is 1.94 bits per heavy atom. The molecule has 18 heavy (non-hydrogen) atoms. The van der Waals surface area contributed by atoms with Gasteiger partial charge >= 0.3 is 0 Å². The van der Waals surface area contributed by atoms with Gasteiger partial charge in [0.25, 0.3) is 0 Å². The molecule has 0 aliphatic heterocycles. The van der Waals surface area contributed by atoms with Crippen LogP contribution >= 0.6 is 11.6 Å². The van der Waals surface area contributed by atoms with Gasteiger partial charge < -0.3 is 20.1 Å². The van der Waals surface area contributed by atoms with Crippen LogP contribution in [0.5, 0.6) is 11.5 Å². The quantitative estimate of drug-likeness (QED) is 0.886. The average molecular weight is 273 g/mol. The maximum atomic E-state index is 11.8. The van der Waals surface area contributed by atoms with E-state index in [9.17, 15) is 4.79 Å². The number of nitrogens with two attached hydrogens (primary N) is 1. The summed E-state index contributed by atoms with van der Waals surface area (Å²) in [5.41, 5.74) is 5.98. The van der Waals surface area contributed by atoms with Crippen molar-refractivity contribution >= 4 is 23.2 Å². The summed E-state index contributed by atoms with van der Waals surface area (Å²) in [4.78, 5) is 13.3. The highest BCUT2D eigenvalue weighted by Crippen LogP contribution is 2.37. The molecule has 1 aromatic rings. The Balaban J connectivity index is 3.31.